The minimum absolute atomic E-state index is 0.162. The van der Waals surface area contributed by atoms with Gasteiger partial charge in [-0.05, 0) is 30.7 Å². The number of nitriles is 1. The number of carbonyl (C=O) groups excluding carboxylic acids is 1. The molecule has 0 heterocycles. The van der Waals surface area contributed by atoms with E-state index < -0.39 is 10.0 Å². The van der Waals surface area contributed by atoms with Gasteiger partial charge in [0.1, 0.15) is 0 Å². The van der Waals surface area contributed by atoms with Crippen molar-refractivity contribution in [1.82, 2.24) is 9.62 Å². The molecule has 1 atom stereocenters. The number of rotatable bonds is 7. The number of likely N-dealkylation sites (N-methyl/N-ethyl adjacent to an activating group) is 1. The highest BCUT2D eigenvalue weighted by Crippen LogP contribution is 2.12. The first-order valence-corrected chi connectivity index (χ1v) is 8.71. The van der Waals surface area contributed by atoms with Crippen LogP contribution in [-0.2, 0) is 14.8 Å². The third kappa shape index (κ3) is 5.51. The van der Waals surface area contributed by atoms with Crippen molar-refractivity contribution in [2.75, 3.05) is 13.6 Å². The molecule has 1 aromatic carbocycles. The molecule has 0 aliphatic rings. The number of amides is 1. The maximum Gasteiger partial charge on any atom is 0.246 e. The number of nitrogens with one attached hydrogen (secondary N) is 1. The van der Waals surface area contributed by atoms with Crippen molar-refractivity contribution < 1.29 is 13.2 Å². The first-order valence-electron chi connectivity index (χ1n) is 7.23. The fraction of sp³-hybridized carbons (Fsp3) is 0.375. The van der Waals surface area contributed by atoms with E-state index in [1.165, 1.54) is 23.1 Å². The first kappa shape index (κ1) is 18.9. The Morgan fingerprint density at radius 2 is 2.00 bits per heavy atom. The molecule has 0 bridgehead atoms. The molecule has 0 radical (unpaired) electrons. The second kappa shape index (κ2) is 8.46. The summed E-state index contributed by atoms with van der Waals surface area (Å²) < 4.78 is 26.1. The summed E-state index contributed by atoms with van der Waals surface area (Å²) in [5.74, 6) is -0.211. The van der Waals surface area contributed by atoms with Crippen LogP contribution in [0.3, 0.4) is 0 Å². The van der Waals surface area contributed by atoms with Crippen molar-refractivity contribution in [3.63, 3.8) is 0 Å². The zero-order chi connectivity index (χ0) is 17.5. The zero-order valence-electron chi connectivity index (χ0n) is 13.5. The Kier molecular flexibility index (Phi) is 6.94. The molecule has 6 nitrogen and oxygen atoms in total. The van der Waals surface area contributed by atoms with Gasteiger partial charge in [0.25, 0.3) is 0 Å². The Morgan fingerprint density at radius 1 is 1.39 bits per heavy atom. The minimum Gasteiger partial charge on any atom is -0.338 e. The Bertz CT molecular complexity index is 703. The molecule has 23 heavy (non-hydrogen) atoms. The van der Waals surface area contributed by atoms with Crippen molar-refractivity contribution >= 4 is 22.0 Å². The van der Waals surface area contributed by atoms with Crippen molar-refractivity contribution in [2.24, 2.45) is 0 Å². The van der Waals surface area contributed by atoms with E-state index in [0.29, 0.717) is 6.54 Å². The topological polar surface area (TPSA) is 90.3 Å². The third-order valence-corrected chi connectivity index (χ3v) is 4.90. The van der Waals surface area contributed by atoms with Crippen LogP contribution in [0.2, 0.25) is 0 Å². The summed E-state index contributed by atoms with van der Waals surface area (Å²) in [6, 6.07) is 8.11. The SMILES string of the molecule is CCNS(=O)(=O)c1ccc(C=CC(=O)N(C)C(C)CC#N)cc1. The first-order chi connectivity index (χ1) is 10.8. The van der Waals surface area contributed by atoms with Crippen LogP contribution in [0.15, 0.2) is 35.2 Å². The largest absolute Gasteiger partial charge is 0.338 e. The fourth-order valence-electron chi connectivity index (χ4n) is 1.80. The average molecular weight is 335 g/mol. The summed E-state index contributed by atoms with van der Waals surface area (Å²) in [6.45, 7) is 3.84. The molecule has 0 saturated heterocycles. The van der Waals surface area contributed by atoms with Gasteiger partial charge in [-0.1, -0.05) is 19.1 Å². The summed E-state index contributed by atoms with van der Waals surface area (Å²) in [6.07, 6.45) is 3.29. The summed E-state index contributed by atoms with van der Waals surface area (Å²) >= 11 is 0. The van der Waals surface area contributed by atoms with Gasteiger partial charge in [0.15, 0.2) is 0 Å². The Labute approximate surface area is 137 Å². The summed E-state index contributed by atoms with van der Waals surface area (Å²) in [5.41, 5.74) is 0.718. The monoisotopic (exact) mass is 335 g/mol. The highest BCUT2D eigenvalue weighted by Gasteiger charge is 2.13. The molecule has 124 valence electrons. The van der Waals surface area contributed by atoms with Crippen molar-refractivity contribution in [3.05, 3.63) is 35.9 Å². The van der Waals surface area contributed by atoms with Crippen LogP contribution in [0.5, 0.6) is 0 Å². The second-order valence-electron chi connectivity index (χ2n) is 5.06. The van der Waals surface area contributed by atoms with E-state index in [-0.39, 0.29) is 23.3 Å². The Hall–Kier alpha value is -2.17. The summed E-state index contributed by atoms with van der Waals surface area (Å²) in [5, 5.41) is 8.64. The number of hydrogen-bond acceptors (Lipinski definition) is 4. The van der Waals surface area contributed by atoms with Gasteiger partial charge >= 0.3 is 0 Å². The lowest BCUT2D eigenvalue weighted by Crippen LogP contribution is -2.33. The van der Waals surface area contributed by atoms with Gasteiger partial charge in [-0.15, -0.1) is 0 Å². The predicted molar refractivity (Wildman–Crippen MR) is 88.8 cm³/mol. The highest BCUT2D eigenvalue weighted by atomic mass is 32.2. The predicted octanol–water partition coefficient (Wildman–Crippen LogP) is 1.76. The molecule has 0 saturated carbocycles. The Balaban J connectivity index is 2.79. The number of sulfonamides is 1. The van der Waals surface area contributed by atoms with E-state index in [1.807, 2.05) is 6.07 Å². The van der Waals surface area contributed by atoms with E-state index in [0.717, 1.165) is 5.56 Å². The van der Waals surface area contributed by atoms with Crippen molar-refractivity contribution in [1.29, 1.82) is 5.26 Å². The zero-order valence-corrected chi connectivity index (χ0v) is 14.3. The van der Waals surface area contributed by atoms with E-state index in [1.54, 1.807) is 39.1 Å². The van der Waals surface area contributed by atoms with Crippen LogP contribution in [0.25, 0.3) is 6.08 Å². The molecular weight excluding hydrogens is 314 g/mol. The third-order valence-electron chi connectivity index (χ3n) is 3.34. The van der Waals surface area contributed by atoms with Gasteiger partial charge in [-0.2, -0.15) is 5.26 Å². The Morgan fingerprint density at radius 3 is 2.52 bits per heavy atom. The molecule has 1 rings (SSSR count). The van der Waals surface area contributed by atoms with Crippen LogP contribution in [0.1, 0.15) is 25.8 Å². The molecule has 0 aromatic heterocycles. The number of nitrogens with zero attached hydrogens (tertiary/aromatic N) is 2. The highest BCUT2D eigenvalue weighted by molar-refractivity contribution is 7.89. The second-order valence-corrected chi connectivity index (χ2v) is 6.83. The van der Waals surface area contributed by atoms with Crippen LogP contribution in [-0.4, -0.2) is 38.9 Å². The smallest absolute Gasteiger partial charge is 0.246 e. The molecule has 0 spiro atoms. The van der Waals surface area contributed by atoms with Crippen LogP contribution in [0.4, 0.5) is 0 Å². The lowest BCUT2D eigenvalue weighted by Gasteiger charge is -2.21. The molecule has 1 unspecified atom stereocenters. The standard InChI is InChI=1S/C16H21N3O3S/c1-4-18-23(21,22)15-8-5-14(6-9-15)7-10-16(20)19(3)13(2)11-12-17/h5-10,13,18H,4,11H2,1-3H3. The van der Waals surface area contributed by atoms with Gasteiger partial charge in [0.05, 0.1) is 17.4 Å². The molecule has 1 N–H and O–H groups in total. The molecule has 7 heteroatoms. The number of carbonyl (C=O) groups is 1. The van der Waals surface area contributed by atoms with Crippen LogP contribution >= 0.6 is 0 Å². The van der Waals surface area contributed by atoms with Gasteiger partial charge in [-0.25, -0.2) is 13.1 Å². The summed E-state index contributed by atoms with van der Waals surface area (Å²) in [7, 11) is -1.83. The molecular formula is C16H21N3O3S. The number of hydrogen-bond donors (Lipinski definition) is 1. The lowest BCUT2D eigenvalue weighted by atomic mass is 10.2. The summed E-state index contributed by atoms with van der Waals surface area (Å²) in [4.78, 5) is 13.6. The normalized spacial score (nSPS) is 12.8. The molecule has 1 aromatic rings. The minimum atomic E-state index is -3.47. The van der Waals surface area contributed by atoms with Gasteiger partial charge in [-0.3, -0.25) is 4.79 Å². The van der Waals surface area contributed by atoms with E-state index in [9.17, 15) is 13.2 Å². The molecule has 0 fully saturated rings. The maximum atomic E-state index is 12.0. The molecule has 0 aliphatic carbocycles. The van der Waals surface area contributed by atoms with Gasteiger partial charge in [0.2, 0.25) is 15.9 Å². The fourth-order valence-corrected chi connectivity index (χ4v) is 2.84. The van der Waals surface area contributed by atoms with Crippen molar-refractivity contribution in [2.45, 2.75) is 31.2 Å². The van der Waals surface area contributed by atoms with E-state index in [2.05, 4.69) is 4.72 Å². The van der Waals surface area contributed by atoms with Crippen LogP contribution < -0.4 is 4.72 Å². The van der Waals surface area contributed by atoms with E-state index >= 15 is 0 Å². The van der Waals surface area contributed by atoms with E-state index in [4.69, 9.17) is 5.26 Å². The molecule has 0 aliphatic heterocycles. The van der Waals surface area contributed by atoms with Crippen LogP contribution in [0, 0.1) is 11.3 Å². The van der Waals surface area contributed by atoms with Gasteiger partial charge in [0, 0.05) is 25.7 Å². The molecule has 1 amide bonds. The maximum absolute atomic E-state index is 12.0. The van der Waals surface area contributed by atoms with Crippen molar-refractivity contribution in [3.8, 4) is 6.07 Å². The number of benzene rings is 1. The average Bonchev–Trinajstić information content (AvgIpc) is 2.52. The quantitative estimate of drug-likeness (QED) is 0.769. The lowest BCUT2D eigenvalue weighted by molar-refractivity contribution is -0.126. The van der Waals surface area contributed by atoms with Gasteiger partial charge < -0.3 is 4.90 Å².